The van der Waals surface area contributed by atoms with E-state index >= 15 is 0 Å². The van der Waals surface area contributed by atoms with Crippen molar-refractivity contribution in [3.05, 3.63) is 89.7 Å². The number of rotatable bonds is 9. The van der Waals surface area contributed by atoms with Gasteiger partial charge in [-0.15, -0.1) is 0 Å². The Morgan fingerprint density at radius 1 is 0.978 bits per heavy atom. The van der Waals surface area contributed by atoms with Gasteiger partial charge < -0.3 is 29.6 Å². The first-order valence-corrected chi connectivity index (χ1v) is 16.2. The predicted molar refractivity (Wildman–Crippen MR) is 173 cm³/mol. The van der Waals surface area contributed by atoms with Gasteiger partial charge in [-0.1, -0.05) is 60.7 Å². The summed E-state index contributed by atoms with van der Waals surface area (Å²) in [5, 5.41) is 6.34. The summed E-state index contributed by atoms with van der Waals surface area (Å²) in [5.41, 5.74) is 6.85. The van der Waals surface area contributed by atoms with E-state index in [0.29, 0.717) is 32.8 Å². The second-order valence-corrected chi connectivity index (χ2v) is 12.4. The molecule has 3 aromatic carbocycles. The average molecular weight is 608 g/mol. The van der Waals surface area contributed by atoms with Crippen LogP contribution in [0.3, 0.4) is 0 Å². The normalized spacial score (nSPS) is 21.1. The number of fused-ring (bicyclic) bond motifs is 4. The topological polar surface area (TPSA) is 97.7 Å². The van der Waals surface area contributed by atoms with Gasteiger partial charge in [0.15, 0.2) is 0 Å². The number of methoxy groups -OCH3 is 1. The zero-order chi connectivity index (χ0) is 30.8. The molecule has 0 radical (unpaired) electrons. The molecule has 0 bridgehead atoms. The van der Waals surface area contributed by atoms with Crippen LogP contribution in [-0.2, 0) is 20.8 Å². The summed E-state index contributed by atoms with van der Waals surface area (Å²) in [5.74, 6) is 0.926. The quantitative estimate of drug-likeness (QED) is 0.263. The van der Waals surface area contributed by atoms with E-state index in [9.17, 15) is 9.59 Å². The number of hydrogen-bond donors (Lipinski definition) is 2. The number of carbonyl (C=O) groups is 2. The molecule has 7 rings (SSSR count). The first-order chi connectivity index (χ1) is 22.1. The van der Waals surface area contributed by atoms with Crippen LogP contribution in [0.4, 0.5) is 4.79 Å². The first-order valence-electron chi connectivity index (χ1n) is 16.2. The molecule has 0 spiro atoms. The number of hydrogen-bond acceptors (Lipinski definition) is 6. The van der Waals surface area contributed by atoms with Crippen molar-refractivity contribution < 1.29 is 19.1 Å². The third kappa shape index (κ3) is 5.82. The average Bonchev–Trinajstić information content (AvgIpc) is 3.78. The summed E-state index contributed by atoms with van der Waals surface area (Å²) in [6, 6.07) is 24.5. The molecule has 9 heteroatoms. The Hall–Kier alpha value is -4.21. The molecular weight excluding hydrogens is 566 g/mol. The molecule has 3 heterocycles. The lowest BCUT2D eigenvalue weighted by molar-refractivity contribution is -0.136. The van der Waals surface area contributed by atoms with Crippen molar-refractivity contribution in [1.82, 2.24) is 25.1 Å². The van der Waals surface area contributed by atoms with Crippen LogP contribution >= 0.6 is 0 Å². The van der Waals surface area contributed by atoms with Gasteiger partial charge in [0.2, 0.25) is 5.91 Å². The van der Waals surface area contributed by atoms with Crippen LogP contribution in [0.1, 0.15) is 48.0 Å². The Kier molecular flexibility index (Phi) is 8.54. The van der Waals surface area contributed by atoms with Crippen molar-refractivity contribution in [3.8, 4) is 11.1 Å². The predicted octanol–water partition coefficient (Wildman–Crippen LogP) is 4.91. The van der Waals surface area contributed by atoms with Gasteiger partial charge in [-0.2, -0.15) is 0 Å². The second kappa shape index (κ2) is 13.0. The summed E-state index contributed by atoms with van der Waals surface area (Å²) >= 11 is 0. The van der Waals surface area contributed by atoms with E-state index in [1.807, 2.05) is 41.3 Å². The van der Waals surface area contributed by atoms with Crippen LogP contribution in [0, 0.1) is 5.92 Å². The lowest BCUT2D eigenvalue weighted by atomic mass is 9.94. The number of para-hydroxylation sites is 2. The number of ether oxygens (including phenoxy) is 2. The van der Waals surface area contributed by atoms with E-state index in [2.05, 4.69) is 51.6 Å². The van der Waals surface area contributed by atoms with Crippen LogP contribution in [0.25, 0.3) is 22.2 Å². The Bertz CT molecular complexity index is 1640. The first kappa shape index (κ1) is 29.5. The Morgan fingerprint density at radius 3 is 2.49 bits per heavy atom. The molecule has 2 N–H and O–H groups in total. The van der Waals surface area contributed by atoms with E-state index < -0.39 is 6.09 Å². The largest absolute Gasteiger partial charge is 0.449 e. The lowest BCUT2D eigenvalue weighted by Crippen LogP contribution is -2.50. The number of piperidine rings is 1. The van der Waals surface area contributed by atoms with Crippen molar-refractivity contribution in [2.24, 2.45) is 5.92 Å². The Labute approximate surface area is 263 Å². The number of aryl methyl sites for hydroxylation is 1. The van der Waals surface area contributed by atoms with Crippen molar-refractivity contribution in [1.29, 1.82) is 0 Å². The number of aromatic nitrogens is 2. The van der Waals surface area contributed by atoms with Crippen LogP contribution in [0.5, 0.6) is 0 Å². The van der Waals surface area contributed by atoms with Gasteiger partial charge in [0.05, 0.1) is 23.0 Å². The molecule has 0 unspecified atom stereocenters. The van der Waals surface area contributed by atoms with E-state index in [-0.39, 0.29) is 36.3 Å². The second-order valence-electron chi connectivity index (χ2n) is 12.4. The Morgan fingerprint density at radius 2 is 1.71 bits per heavy atom. The number of benzene rings is 3. The molecule has 2 fully saturated rings. The number of nitrogens with one attached hydrogen (secondary N) is 2. The maximum Gasteiger partial charge on any atom is 0.407 e. The minimum absolute atomic E-state index is 0.00808. The molecule has 234 valence electrons. The molecule has 1 aromatic heterocycles. The number of alkyl carbamates (subject to hydrolysis) is 1. The Balaban J connectivity index is 0.998. The van der Waals surface area contributed by atoms with Crippen molar-refractivity contribution in [2.75, 3.05) is 46.5 Å². The van der Waals surface area contributed by atoms with Crippen LogP contribution in [0.15, 0.2) is 72.8 Å². The van der Waals surface area contributed by atoms with Crippen molar-refractivity contribution in [2.45, 2.75) is 43.7 Å². The zero-order valence-corrected chi connectivity index (χ0v) is 25.8. The summed E-state index contributed by atoms with van der Waals surface area (Å²) in [4.78, 5) is 34.0. The van der Waals surface area contributed by atoms with Crippen LogP contribution in [-0.4, -0.2) is 79.0 Å². The summed E-state index contributed by atoms with van der Waals surface area (Å²) in [6.45, 7) is 4.17. The molecule has 2 amide bonds. The fourth-order valence-corrected chi connectivity index (χ4v) is 7.51. The van der Waals surface area contributed by atoms with Gasteiger partial charge >= 0.3 is 6.09 Å². The molecule has 2 saturated heterocycles. The zero-order valence-electron chi connectivity index (χ0n) is 25.8. The fraction of sp³-hybridized carbons (Fsp3) is 0.417. The smallest absolute Gasteiger partial charge is 0.407 e. The van der Waals surface area contributed by atoms with Crippen LogP contribution < -0.4 is 10.6 Å². The molecule has 3 aliphatic rings. The summed E-state index contributed by atoms with van der Waals surface area (Å²) in [6.07, 6.45) is 2.32. The van der Waals surface area contributed by atoms with Crippen molar-refractivity contribution in [3.63, 3.8) is 0 Å². The van der Waals surface area contributed by atoms with Gasteiger partial charge in [0.1, 0.15) is 12.4 Å². The lowest BCUT2D eigenvalue weighted by Gasteiger charge is -2.35. The number of nitrogens with zero attached hydrogens (tertiary/aromatic N) is 3. The molecule has 45 heavy (non-hydrogen) atoms. The van der Waals surface area contributed by atoms with Crippen LogP contribution in [0.2, 0.25) is 0 Å². The maximum absolute atomic E-state index is 13.9. The van der Waals surface area contributed by atoms with Gasteiger partial charge in [0, 0.05) is 58.3 Å². The third-order valence-electron chi connectivity index (χ3n) is 9.69. The number of imidazole rings is 1. The molecular formula is C36H41N5O4. The summed E-state index contributed by atoms with van der Waals surface area (Å²) in [7, 11) is 1.73. The monoisotopic (exact) mass is 607 g/mol. The van der Waals surface area contributed by atoms with Gasteiger partial charge in [-0.25, -0.2) is 9.78 Å². The molecule has 1 aliphatic carbocycles. The molecule has 9 nitrogen and oxygen atoms in total. The summed E-state index contributed by atoms with van der Waals surface area (Å²) < 4.78 is 13.4. The highest BCUT2D eigenvalue weighted by Gasteiger charge is 2.39. The molecule has 0 saturated carbocycles. The van der Waals surface area contributed by atoms with E-state index in [4.69, 9.17) is 14.5 Å². The highest BCUT2D eigenvalue weighted by Crippen LogP contribution is 2.44. The fourth-order valence-electron chi connectivity index (χ4n) is 7.51. The maximum atomic E-state index is 13.9. The van der Waals surface area contributed by atoms with Gasteiger partial charge in [-0.05, 0) is 53.6 Å². The van der Waals surface area contributed by atoms with E-state index in [1.54, 1.807) is 7.11 Å². The number of amides is 2. The molecule has 2 aliphatic heterocycles. The number of carbonyl (C=O) groups excluding carboxylic acids is 2. The highest BCUT2D eigenvalue weighted by atomic mass is 16.5. The van der Waals surface area contributed by atoms with E-state index in [1.165, 1.54) is 22.3 Å². The minimum Gasteiger partial charge on any atom is -0.449 e. The van der Waals surface area contributed by atoms with Gasteiger partial charge in [0.25, 0.3) is 0 Å². The molecule has 4 aromatic rings. The van der Waals surface area contributed by atoms with Gasteiger partial charge in [-0.3, -0.25) is 4.79 Å². The molecule has 3 atom stereocenters. The number of likely N-dealkylation sites (tertiary alicyclic amines) is 1. The van der Waals surface area contributed by atoms with E-state index in [0.717, 1.165) is 42.7 Å². The third-order valence-corrected chi connectivity index (χ3v) is 9.69. The SMILES string of the molecule is COCCCn1c([C@@H]2CCCN(C(=O)[C@@H]3CNC[C@H]3NC(=O)OCC3c4ccccc4-c4ccccc43)C2)nc2ccccc21. The highest BCUT2D eigenvalue weighted by molar-refractivity contribution is 5.82. The minimum atomic E-state index is -0.482. The standard InChI is InChI=1S/C36H41N5O4/c1-44-19-9-18-41-33-16-7-6-15-31(33)38-34(41)24-10-8-17-40(22-24)35(42)29-20-37-21-32(29)39-36(43)45-23-30-27-13-4-2-11-25(27)26-12-3-5-14-28(26)30/h2-7,11-16,24,29-30,32,37H,8-10,17-23H2,1H3,(H,39,43)/t24-,29-,32-/m1/s1. The van der Waals surface area contributed by atoms with Crippen molar-refractivity contribution >= 4 is 23.0 Å².